The van der Waals surface area contributed by atoms with Crippen LogP contribution in [0.5, 0.6) is 0 Å². The molecule has 1 aromatic carbocycles. The smallest absolute Gasteiger partial charge is 0.332 e. The number of benzene rings is 1. The molecule has 0 fully saturated rings. The van der Waals surface area contributed by atoms with Gasteiger partial charge in [-0.1, -0.05) is 29.8 Å². The van der Waals surface area contributed by atoms with Gasteiger partial charge in [0.05, 0.1) is 6.54 Å². The maximum atomic E-state index is 13.4. The molecule has 0 aliphatic rings. The number of halogens is 1. The fraction of sp³-hybridized carbons (Fsp3) is 0.350. The molecule has 0 unspecified atom stereocenters. The molecular weight excluding hydrogens is 394 g/mol. The number of aliphatic hydroxyl groups is 1. The summed E-state index contributed by atoms with van der Waals surface area (Å²) in [5, 5.41) is 9.71. The van der Waals surface area contributed by atoms with E-state index in [0.717, 1.165) is 11.4 Å². The topological polar surface area (TPSA) is 86.5 Å². The van der Waals surface area contributed by atoms with Gasteiger partial charge in [0, 0.05) is 36.6 Å². The fourth-order valence-corrected chi connectivity index (χ4v) is 3.94. The largest absolute Gasteiger partial charge is 0.396 e. The summed E-state index contributed by atoms with van der Waals surface area (Å²) in [6.07, 6.45) is 0.573. The predicted octanol–water partition coefficient (Wildman–Crippen LogP) is 1.85. The van der Waals surface area contributed by atoms with Gasteiger partial charge < -0.3 is 9.67 Å². The van der Waals surface area contributed by atoms with Crippen molar-refractivity contribution < 1.29 is 5.11 Å². The highest BCUT2D eigenvalue weighted by Crippen LogP contribution is 2.21. The summed E-state index contributed by atoms with van der Waals surface area (Å²) in [7, 11) is 1.61. The molecule has 4 rings (SSSR count). The van der Waals surface area contributed by atoms with Crippen LogP contribution in [0.25, 0.3) is 16.9 Å². The number of nitrogens with zero attached hydrogens (tertiary/aromatic N) is 5. The van der Waals surface area contributed by atoms with Gasteiger partial charge in [-0.2, -0.15) is 4.98 Å². The van der Waals surface area contributed by atoms with E-state index in [-0.39, 0.29) is 13.2 Å². The molecule has 3 aromatic heterocycles. The molecule has 0 aliphatic heterocycles. The third-order valence-corrected chi connectivity index (χ3v) is 5.82. The lowest BCUT2D eigenvalue weighted by molar-refractivity contribution is 0.280. The van der Waals surface area contributed by atoms with Crippen LogP contribution in [-0.2, 0) is 20.1 Å². The highest BCUT2D eigenvalue weighted by molar-refractivity contribution is 6.31. The van der Waals surface area contributed by atoms with Crippen LogP contribution in [0.3, 0.4) is 0 Å². The summed E-state index contributed by atoms with van der Waals surface area (Å²) in [6, 6.07) is 7.15. The third kappa shape index (κ3) is 2.90. The Morgan fingerprint density at radius 1 is 1.10 bits per heavy atom. The maximum Gasteiger partial charge on any atom is 0.332 e. The van der Waals surface area contributed by atoms with E-state index < -0.39 is 11.2 Å². The Balaban J connectivity index is 2.03. The molecule has 29 heavy (non-hydrogen) atoms. The molecule has 0 amide bonds. The summed E-state index contributed by atoms with van der Waals surface area (Å²) in [5.41, 5.74) is 2.39. The Morgan fingerprint density at radius 2 is 1.83 bits per heavy atom. The van der Waals surface area contributed by atoms with Crippen molar-refractivity contribution in [3.05, 3.63) is 67.1 Å². The van der Waals surface area contributed by atoms with E-state index in [2.05, 4.69) is 4.98 Å². The quantitative estimate of drug-likeness (QED) is 0.539. The van der Waals surface area contributed by atoms with Crippen molar-refractivity contribution in [2.45, 2.75) is 33.4 Å². The molecular formula is C20H22ClN5O3. The predicted molar refractivity (Wildman–Crippen MR) is 112 cm³/mol. The van der Waals surface area contributed by atoms with Crippen LogP contribution in [0.15, 0.2) is 33.9 Å². The zero-order valence-corrected chi connectivity index (χ0v) is 17.3. The van der Waals surface area contributed by atoms with E-state index in [1.165, 1.54) is 9.13 Å². The number of hydrogen-bond donors (Lipinski definition) is 1. The Labute approximate surface area is 171 Å². The standard InChI is InChI=1S/C20H22ClN5O3/c1-12-13(2)26-16-17(22-19(26)24(12)9-6-10-27)23(3)20(29)25(18(16)28)11-14-7-4-5-8-15(14)21/h4-5,7-8,27H,6,9-11H2,1-3H3. The lowest BCUT2D eigenvalue weighted by Gasteiger charge is -2.09. The number of fused-ring (bicyclic) bond motifs is 3. The van der Waals surface area contributed by atoms with Crippen LogP contribution in [0.4, 0.5) is 0 Å². The Hall–Kier alpha value is -2.84. The third-order valence-electron chi connectivity index (χ3n) is 5.46. The molecule has 0 atom stereocenters. The van der Waals surface area contributed by atoms with Crippen LogP contribution in [0.1, 0.15) is 23.4 Å². The van der Waals surface area contributed by atoms with E-state index in [9.17, 15) is 14.7 Å². The number of hydrogen-bond acceptors (Lipinski definition) is 4. The lowest BCUT2D eigenvalue weighted by Crippen LogP contribution is -2.39. The molecule has 0 aliphatic carbocycles. The van der Waals surface area contributed by atoms with Crippen molar-refractivity contribution in [3.8, 4) is 0 Å². The van der Waals surface area contributed by atoms with Crippen LogP contribution in [0, 0.1) is 13.8 Å². The minimum absolute atomic E-state index is 0.0617. The van der Waals surface area contributed by atoms with Gasteiger partial charge in [-0.25, -0.2) is 4.79 Å². The highest BCUT2D eigenvalue weighted by Gasteiger charge is 2.22. The summed E-state index contributed by atoms with van der Waals surface area (Å²) >= 11 is 6.24. The average Bonchev–Trinajstić information content (AvgIpc) is 3.20. The van der Waals surface area contributed by atoms with Gasteiger partial charge in [0.1, 0.15) is 0 Å². The van der Waals surface area contributed by atoms with Gasteiger partial charge in [-0.3, -0.25) is 18.3 Å². The van der Waals surface area contributed by atoms with Gasteiger partial charge in [0.2, 0.25) is 5.78 Å². The van der Waals surface area contributed by atoms with Crippen LogP contribution >= 0.6 is 11.6 Å². The van der Waals surface area contributed by atoms with Crippen molar-refractivity contribution in [1.29, 1.82) is 0 Å². The zero-order chi connectivity index (χ0) is 20.9. The summed E-state index contributed by atoms with van der Waals surface area (Å²) in [4.78, 5) is 30.9. The summed E-state index contributed by atoms with van der Waals surface area (Å²) < 4.78 is 6.35. The first-order valence-corrected chi connectivity index (χ1v) is 9.76. The number of aryl methyl sites for hydroxylation is 3. The van der Waals surface area contributed by atoms with Crippen LogP contribution in [-0.4, -0.2) is 34.8 Å². The molecule has 4 aromatic rings. The Bertz CT molecular complexity index is 1360. The Morgan fingerprint density at radius 3 is 2.52 bits per heavy atom. The van der Waals surface area contributed by atoms with Crippen molar-refractivity contribution in [2.24, 2.45) is 7.05 Å². The van der Waals surface area contributed by atoms with Gasteiger partial charge in [-0.05, 0) is 31.9 Å². The number of rotatable bonds is 5. The summed E-state index contributed by atoms with van der Waals surface area (Å²) in [6.45, 7) is 4.59. The first kappa shape index (κ1) is 19.5. The van der Waals surface area contributed by atoms with Gasteiger partial charge in [0.25, 0.3) is 5.56 Å². The molecule has 3 heterocycles. The van der Waals surface area contributed by atoms with E-state index in [4.69, 9.17) is 11.6 Å². The molecule has 0 bridgehead atoms. The highest BCUT2D eigenvalue weighted by atomic mass is 35.5. The molecule has 9 heteroatoms. The van der Waals surface area contributed by atoms with E-state index in [0.29, 0.717) is 40.5 Å². The van der Waals surface area contributed by atoms with Crippen molar-refractivity contribution >= 4 is 28.5 Å². The van der Waals surface area contributed by atoms with E-state index in [1.807, 2.05) is 24.5 Å². The van der Waals surface area contributed by atoms with Gasteiger partial charge in [-0.15, -0.1) is 0 Å². The monoisotopic (exact) mass is 415 g/mol. The molecule has 0 saturated carbocycles. The van der Waals surface area contributed by atoms with Gasteiger partial charge in [0.15, 0.2) is 11.2 Å². The molecule has 0 radical (unpaired) electrons. The molecule has 1 N–H and O–H groups in total. The first-order chi connectivity index (χ1) is 13.9. The van der Waals surface area contributed by atoms with Crippen LogP contribution < -0.4 is 11.2 Å². The normalized spacial score (nSPS) is 11.8. The van der Waals surface area contributed by atoms with Crippen LogP contribution in [0.2, 0.25) is 5.02 Å². The zero-order valence-electron chi connectivity index (χ0n) is 16.5. The first-order valence-electron chi connectivity index (χ1n) is 9.38. The number of imidazole rings is 2. The van der Waals surface area contributed by atoms with Gasteiger partial charge >= 0.3 is 5.69 Å². The molecule has 0 spiro atoms. The molecule has 0 saturated heterocycles. The second-order valence-corrected chi connectivity index (χ2v) is 7.55. The lowest BCUT2D eigenvalue weighted by atomic mass is 10.2. The minimum atomic E-state index is -0.445. The number of aromatic nitrogens is 5. The van der Waals surface area contributed by atoms with Crippen molar-refractivity contribution in [3.63, 3.8) is 0 Å². The second-order valence-electron chi connectivity index (χ2n) is 7.14. The minimum Gasteiger partial charge on any atom is -0.396 e. The van der Waals surface area contributed by atoms with E-state index >= 15 is 0 Å². The second kappa shape index (κ2) is 7.20. The maximum absolute atomic E-state index is 13.4. The SMILES string of the molecule is Cc1c(C)n2c3c(=O)n(Cc4ccccc4Cl)c(=O)n(C)c3nc2n1CCCO. The summed E-state index contributed by atoms with van der Waals surface area (Å²) in [5.74, 6) is 0.589. The molecule has 8 nitrogen and oxygen atoms in total. The Kier molecular flexibility index (Phi) is 4.84. The number of aliphatic hydroxyl groups excluding tert-OH is 1. The molecule has 152 valence electrons. The van der Waals surface area contributed by atoms with E-state index in [1.54, 1.807) is 29.6 Å². The van der Waals surface area contributed by atoms with Crippen molar-refractivity contribution in [2.75, 3.05) is 6.61 Å². The fourth-order valence-electron chi connectivity index (χ4n) is 3.75. The van der Waals surface area contributed by atoms with Crippen molar-refractivity contribution in [1.82, 2.24) is 23.1 Å². The average molecular weight is 416 g/mol.